The van der Waals surface area contributed by atoms with E-state index in [4.69, 9.17) is 4.74 Å². The van der Waals surface area contributed by atoms with Gasteiger partial charge in [0.2, 0.25) is 0 Å². The Balaban J connectivity index is 5.50. The van der Waals surface area contributed by atoms with Crippen LogP contribution < -0.4 is 0 Å². The molecule has 0 aliphatic carbocycles. The van der Waals surface area contributed by atoms with Gasteiger partial charge in [-0.05, 0) is 0 Å². The fraction of sp³-hybridized carbons (Fsp3) is 0.947. The van der Waals surface area contributed by atoms with E-state index in [2.05, 4.69) is 34.6 Å². The summed E-state index contributed by atoms with van der Waals surface area (Å²) in [6, 6.07) is 0. The molecule has 0 heterocycles. The number of rotatable bonds is 13. The maximum absolute atomic E-state index is 12.8. The monoisotopic (exact) mass is 420 g/mol. The summed E-state index contributed by atoms with van der Waals surface area (Å²) in [7, 11) is 0. The molecule has 0 spiro atoms. The van der Waals surface area contributed by atoms with E-state index in [0.29, 0.717) is 12.5 Å². The molecule has 0 aliphatic rings. The quantitative estimate of drug-likeness (QED) is 0.254. The predicted octanol–water partition coefficient (Wildman–Crippen LogP) is 6.42. The second kappa shape index (κ2) is 12.7. The fourth-order valence-corrected chi connectivity index (χ4v) is 23.5. The molecule has 0 amide bonds. The molecule has 0 radical (unpaired) electrons. The number of unbranched alkanes of at least 4 members (excludes halogenated alkanes) is 3. The van der Waals surface area contributed by atoms with Gasteiger partial charge in [0.05, 0.1) is 0 Å². The van der Waals surface area contributed by atoms with Crippen molar-refractivity contribution >= 4 is 24.3 Å². The minimum atomic E-state index is -2.53. The van der Waals surface area contributed by atoms with Gasteiger partial charge in [-0.1, -0.05) is 0 Å². The average Bonchev–Trinajstić information content (AvgIpc) is 2.48. The van der Waals surface area contributed by atoms with Gasteiger partial charge < -0.3 is 0 Å². The molecule has 0 saturated carbocycles. The van der Waals surface area contributed by atoms with Gasteiger partial charge in [0, 0.05) is 0 Å². The van der Waals surface area contributed by atoms with E-state index in [1.807, 2.05) is 6.92 Å². The molecule has 2 nitrogen and oxygen atoms in total. The summed E-state index contributed by atoms with van der Waals surface area (Å²) in [5.74, 6) is 0.581. The van der Waals surface area contributed by atoms with Crippen molar-refractivity contribution in [1.82, 2.24) is 0 Å². The third kappa shape index (κ3) is 7.23. The molecule has 22 heavy (non-hydrogen) atoms. The van der Waals surface area contributed by atoms with Crippen molar-refractivity contribution in [2.24, 2.45) is 5.92 Å². The second-order valence-corrected chi connectivity index (χ2v) is 21.0. The fourth-order valence-electron chi connectivity index (χ4n) is 3.89. The number of esters is 1. The van der Waals surface area contributed by atoms with E-state index < -0.39 is 18.4 Å². The number of ether oxygens (including phenoxy) is 1. The van der Waals surface area contributed by atoms with Crippen LogP contribution >= 0.6 is 0 Å². The standard InChI is InChI=1S/C7H13O2.3C4H9.Sn/c1-4-9-7(8)5-6(2)3;3*1-3-4-2;/h5-6H,4H2,1-3H3;3*1,3-4H2,2H3;. The molecule has 0 aromatic heterocycles. The summed E-state index contributed by atoms with van der Waals surface area (Å²) >= 11 is -2.53. The van der Waals surface area contributed by atoms with Crippen molar-refractivity contribution in [2.45, 2.75) is 97.3 Å². The normalized spacial score (nSPS) is 13.4. The SMILES string of the molecule is CCC[CH2][Sn]([CH2]CCC)([CH2]CCC)[CH](C(=O)OCC)C(C)C. The van der Waals surface area contributed by atoms with Gasteiger partial charge in [-0.2, -0.15) is 0 Å². The van der Waals surface area contributed by atoms with Crippen LogP contribution in [0.2, 0.25) is 17.2 Å². The van der Waals surface area contributed by atoms with Gasteiger partial charge in [-0.25, -0.2) is 0 Å². The first-order valence-electron chi connectivity index (χ1n) is 9.65. The summed E-state index contributed by atoms with van der Waals surface area (Å²) in [5.41, 5.74) is 0. The van der Waals surface area contributed by atoms with Crippen LogP contribution in [-0.2, 0) is 9.53 Å². The van der Waals surface area contributed by atoms with Gasteiger partial charge in [0.25, 0.3) is 0 Å². The Hall–Kier alpha value is 0.269. The van der Waals surface area contributed by atoms with Crippen molar-refractivity contribution in [2.75, 3.05) is 6.61 Å². The summed E-state index contributed by atoms with van der Waals surface area (Å²) in [5, 5.41) is 0. The molecule has 0 aromatic carbocycles. The van der Waals surface area contributed by atoms with Crippen molar-refractivity contribution in [1.29, 1.82) is 0 Å². The molecule has 3 heteroatoms. The summed E-state index contributed by atoms with van der Waals surface area (Å²) < 4.78 is 9.93. The minimum absolute atomic E-state index is 0.136. The van der Waals surface area contributed by atoms with Crippen LogP contribution in [0, 0.1) is 5.92 Å². The topological polar surface area (TPSA) is 26.3 Å². The molecule has 0 aliphatic heterocycles. The molecule has 132 valence electrons. The zero-order chi connectivity index (χ0) is 17.0. The molecule has 0 aromatic rings. The molecule has 0 saturated heterocycles. The van der Waals surface area contributed by atoms with Crippen LogP contribution in [-0.4, -0.2) is 31.0 Å². The van der Waals surface area contributed by atoms with Crippen LogP contribution in [0.25, 0.3) is 0 Å². The molecule has 0 fully saturated rings. The molecule has 0 N–H and O–H groups in total. The number of hydrogen-bond donors (Lipinski definition) is 0. The molecular weight excluding hydrogens is 379 g/mol. The summed E-state index contributed by atoms with van der Waals surface area (Å²) in [6.45, 7) is 13.8. The van der Waals surface area contributed by atoms with Crippen LogP contribution in [0.1, 0.15) is 80.1 Å². The van der Waals surface area contributed by atoms with E-state index in [1.165, 1.54) is 51.8 Å². The van der Waals surface area contributed by atoms with E-state index in [0.717, 1.165) is 0 Å². The van der Waals surface area contributed by atoms with Crippen LogP contribution in [0.4, 0.5) is 0 Å². The Bertz CT molecular complexity index is 267. The molecule has 1 unspecified atom stereocenters. The predicted molar refractivity (Wildman–Crippen MR) is 100 cm³/mol. The second-order valence-electron chi connectivity index (χ2n) is 7.15. The maximum atomic E-state index is 12.8. The van der Waals surface area contributed by atoms with Gasteiger partial charge in [0.1, 0.15) is 0 Å². The molecule has 0 rings (SSSR count). The number of carbonyl (C=O) groups excluding carboxylic acids is 1. The zero-order valence-electron chi connectivity index (χ0n) is 16.0. The van der Waals surface area contributed by atoms with E-state index >= 15 is 0 Å². The van der Waals surface area contributed by atoms with E-state index in [-0.39, 0.29) is 9.90 Å². The van der Waals surface area contributed by atoms with Crippen molar-refractivity contribution in [3.05, 3.63) is 0 Å². The first-order valence-corrected chi connectivity index (χ1v) is 17.4. The summed E-state index contributed by atoms with van der Waals surface area (Å²) in [4.78, 5) is 12.8. The van der Waals surface area contributed by atoms with E-state index in [1.54, 1.807) is 0 Å². The summed E-state index contributed by atoms with van der Waals surface area (Å²) in [6.07, 6.45) is 7.70. The van der Waals surface area contributed by atoms with Crippen molar-refractivity contribution in [3.8, 4) is 0 Å². The molecule has 0 bridgehead atoms. The first kappa shape index (κ1) is 22.3. The van der Waals surface area contributed by atoms with Crippen molar-refractivity contribution < 1.29 is 9.53 Å². The first-order chi connectivity index (χ1) is 10.5. The Labute approximate surface area is 143 Å². The Kier molecular flexibility index (Phi) is 12.8. The zero-order valence-corrected chi connectivity index (χ0v) is 18.9. The van der Waals surface area contributed by atoms with Crippen LogP contribution in [0.15, 0.2) is 0 Å². The number of carbonyl (C=O) groups is 1. The third-order valence-corrected chi connectivity index (χ3v) is 22.8. The van der Waals surface area contributed by atoms with Gasteiger partial charge in [0.15, 0.2) is 0 Å². The Morgan fingerprint density at radius 2 is 1.27 bits per heavy atom. The molecular formula is C19H40O2Sn. The molecule has 1 atom stereocenters. The van der Waals surface area contributed by atoms with E-state index in [9.17, 15) is 4.79 Å². The van der Waals surface area contributed by atoms with Crippen LogP contribution in [0.3, 0.4) is 0 Å². The van der Waals surface area contributed by atoms with Crippen molar-refractivity contribution in [3.63, 3.8) is 0 Å². The average molecular weight is 419 g/mol. The third-order valence-electron chi connectivity index (χ3n) is 4.95. The van der Waals surface area contributed by atoms with Gasteiger partial charge in [-0.15, -0.1) is 0 Å². The Morgan fingerprint density at radius 3 is 1.55 bits per heavy atom. The number of hydrogen-bond acceptors (Lipinski definition) is 2. The van der Waals surface area contributed by atoms with Gasteiger partial charge in [-0.3, -0.25) is 0 Å². The Morgan fingerprint density at radius 1 is 0.864 bits per heavy atom. The van der Waals surface area contributed by atoms with Gasteiger partial charge >= 0.3 is 144 Å². The van der Waals surface area contributed by atoms with Crippen LogP contribution in [0.5, 0.6) is 0 Å².